The molecule has 2 heterocycles. The van der Waals surface area contributed by atoms with Crippen LogP contribution in [0.3, 0.4) is 0 Å². The van der Waals surface area contributed by atoms with Gasteiger partial charge in [0.15, 0.2) is 0 Å². The highest BCUT2D eigenvalue weighted by Crippen LogP contribution is 2.37. The standard InChI is InChI=1S/C19H27BN4O7/c1-19(22,18(28)23-7-5-14(21)25)10-24-8-12(9-24)30-13-3-2-11-4-6-20(29)31-16(11)15(13)17(26)27/h2-3,12,29H,4-10,22H2,1H3,(H2,21,25)(H,23,28)(H,26,27)/t19-/m1/s1. The minimum Gasteiger partial charge on any atom is -0.535 e. The quantitative estimate of drug-likeness (QED) is 0.292. The summed E-state index contributed by atoms with van der Waals surface area (Å²) in [7, 11) is -1.05. The molecular weight excluding hydrogens is 407 g/mol. The molecule has 0 unspecified atom stereocenters. The number of carbonyl (C=O) groups is 3. The summed E-state index contributed by atoms with van der Waals surface area (Å²) in [4.78, 5) is 36.7. The van der Waals surface area contributed by atoms with E-state index in [1.807, 2.05) is 4.90 Å². The molecule has 31 heavy (non-hydrogen) atoms. The van der Waals surface area contributed by atoms with Crippen molar-refractivity contribution in [3.8, 4) is 11.5 Å². The summed E-state index contributed by atoms with van der Waals surface area (Å²) in [6.07, 6.45) is 0.677. The van der Waals surface area contributed by atoms with E-state index in [9.17, 15) is 24.5 Å². The largest absolute Gasteiger partial charge is 0.535 e. The van der Waals surface area contributed by atoms with Crippen molar-refractivity contribution >= 4 is 24.9 Å². The molecule has 1 saturated heterocycles. The highest BCUT2D eigenvalue weighted by molar-refractivity contribution is 6.44. The fourth-order valence-corrected chi connectivity index (χ4v) is 3.66. The van der Waals surface area contributed by atoms with Gasteiger partial charge in [0.1, 0.15) is 28.7 Å². The number of nitrogens with zero attached hydrogens (tertiary/aromatic N) is 1. The second kappa shape index (κ2) is 9.12. The van der Waals surface area contributed by atoms with Gasteiger partial charge in [-0.3, -0.25) is 14.5 Å². The van der Waals surface area contributed by atoms with Crippen LogP contribution in [0.1, 0.15) is 29.3 Å². The number of nitrogens with one attached hydrogen (secondary N) is 1. The second-order valence-corrected chi connectivity index (χ2v) is 8.17. The van der Waals surface area contributed by atoms with Crippen molar-refractivity contribution in [2.75, 3.05) is 26.2 Å². The number of aromatic carboxylic acids is 1. The van der Waals surface area contributed by atoms with E-state index >= 15 is 0 Å². The van der Waals surface area contributed by atoms with Crippen molar-refractivity contribution in [1.82, 2.24) is 10.2 Å². The Balaban J connectivity index is 1.56. The van der Waals surface area contributed by atoms with Gasteiger partial charge in [0.2, 0.25) is 11.8 Å². The number of aryl methyl sites for hydroxylation is 1. The van der Waals surface area contributed by atoms with Crippen LogP contribution in [0.25, 0.3) is 0 Å². The van der Waals surface area contributed by atoms with Crippen LogP contribution >= 0.6 is 0 Å². The molecular formula is C19H27BN4O7. The Hall–Kier alpha value is -2.83. The summed E-state index contributed by atoms with van der Waals surface area (Å²) >= 11 is 0. The maximum Gasteiger partial charge on any atom is 0.522 e. The molecule has 1 atom stereocenters. The van der Waals surface area contributed by atoms with Gasteiger partial charge in [0, 0.05) is 32.6 Å². The maximum absolute atomic E-state index is 12.2. The Bertz CT molecular complexity index is 873. The molecule has 0 aliphatic carbocycles. The number of carboxylic acid groups (broad SMARTS) is 1. The topological polar surface area (TPSA) is 177 Å². The normalized spacial score (nSPS) is 18.2. The van der Waals surface area contributed by atoms with Crippen LogP contribution in [-0.4, -0.2) is 77.8 Å². The molecule has 2 aliphatic rings. The zero-order chi connectivity index (χ0) is 22.8. The highest BCUT2D eigenvalue weighted by atomic mass is 16.5. The van der Waals surface area contributed by atoms with Crippen LogP contribution in [0.5, 0.6) is 11.5 Å². The van der Waals surface area contributed by atoms with Gasteiger partial charge in [-0.15, -0.1) is 0 Å². The Morgan fingerprint density at radius 1 is 1.39 bits per heavy atom. The number of likely N-dealkylation sites (tertiary alicyclic amines) is 1. The Labute approximate surface area is 179 Å². The number of rotatable bonds is 9. The fourth-order valence-electron chi connectivity index (χ4n) is 3.66. The molecule has 1 fully saturated rings. The van der Waals surface area contributed by atoms with E-state index in [1.165, 1.54) is 0 Å². The number of hydrogen-bond acceptors (Lipinski definition) is 8. The van der Waals surface area contributed by atoms with Crippen molar-refractivity contribution in [3.05, 3.63) is 23.3 Å². The second-order valence-electron chi connectivity index (χ2n) is 8.17. The molecule has 0 bridgehead atoms. The zero-order valence-corrected chi connectivity index (χ0v) is 17.3. The molecule has 0 aromatic heterocycles. The van der Waals surface area contributed by atoms with Crippen LogP contribution in [0, 0.1) is 0 Å². The maximum atomic E-state index is 12.2. The SMILES string of the molecule is C[C@@](N)(CN1CC(Oc2ccc3c(c2C(=O)O)OB(O)CC3)C1)C(=O)NCCC(N)=O. The first-order valence-corrected chi connectivity index (χ1v) is 10.0. The molecule has 1 aromatic rings. The summed E-state index contributed by atoms with van der Waals surface area (Å²) in [5.41, 5.74) is 10.6. The van der Waals surface area contributed by atoms with E-state index in [4.69, 9.17) is 20.9 Å². The fraction of sp³-hybridized carbons (Fsp3) is 0.526. The van der Waals surface area contributed by atoms with Gasteiger partial charge < -0.3 is 36.3 Å². The molecule has 7 N–H and O–H groups in total. The molecule has 3 rings (SSSR count). The van der Waals surface area contributed by atoms with Crippen LogP contribution in [-0.2, 0) is 16.0 Å². The Morgan fingerprint density at radius 2 is 2.10 bits per heavy atom. The summed E-state index contributed by atoms with van der Waals surface area (Å²) in [5, 5.41) is 22.0. The number of nitrogens with two attached hydrogens (primary N) is 2. The number of amides is 2. The lowest BCUT2D eigenvalue weighted by Crippen LogP contribution is -2.64. The first-order chi connectivity index (χ1) is 14.6. The zero-order valence-electron chi connectivity index (χ0n) is 17.3. The van der Waals surface area contributed by atoms with Gasteiger partial charge in [-0.25, -0.2) is 4.79 Å². The van der Waals surface area contributed by atoms with Gasteiger partial charge in [0.25, 0.3) is 0 Å². The van der Waals surface area contributed by atoms with Crippen LogP contribution in [0.4, 0.5) is 0 Å². The third kappa shape index (κ3) is 5.46. The van der Waals surface area contributed by atoms with E-state index in [0.29, 0.717) is 31.4 Å². The summed E-state index contributed by atoms with van der Waals surface area (Å²) in [6, 6.07) is 3.35. The number of fused-ring (bicyclic) bond motifs is 1. The van der Waals surface area contributed by atoms with Gasteiger partial charge in [-0.1, -0.05) is 6.07 Å². The van der Waals surface area contributed by atoms with E-state index in [2.05, 4.69) is 5.32 Å². The average molecular weight is 434 g/mol. The van der Waals surface area contributed by atoms with E-state index < -0.39 is 30.4 Å². The molecule has 168 valence electrons. The molecule has 0 radical (unpaired) electrons. The summed E-state index contributed by atoms with van der Waals surface area (Å²) in [5.74, 6) is -1.78. The summed E-state index contributed by atoms with van der Waals surface area (Å²) in [6.45, 7) is 2.90. The lowest BCUT2D eigenvalue weighted by atomic mass is 9.78. The first kappa shape index (κ1) is 22.9. The van der Waals surface area contributed by atoms with E-state index in [0.717, 1.165) is 0 Å². The van der Waals surface area contributed by atoms with Gasteiger partial charge in [0.05, 0.1) is 0 Å². The van der Waals surface area contributed by atoms with Crippen molar-refractivity contribution in [2.45, 2.75) is 37.7 Å². The lowest BCUT2D eigenvalue weighted by Gasteiger charge is -2.42. The number of carboxylic acids is 1. The van der Waals surface area contributed by atoms with Crippen LogP contribution in [0.2, 0.25) is 6.32 Å². The molecule has 0 spiro atoms. The number of benzene rings is 1. The van der Waals surface area contributed by atoms with E-state index in [-0.39, 0.29) is 42.7 Å². The predicted octanol–water partition coefficient (Wildman–Crippen LogP) is -1.43. The van der Waals surface area contributed by atoms with Crippen molar-refractivity contribution in [1.29, 1.82) is 0 Å². The van der Waals surface area contributed by atoms with Gasteiger partial charge in [-0.2, -0.15) is 0 Å². The number of ether oxygens (including phenoxy) is 1. The third-order valence-electron chi connectivity index (χ3n) is 5.27. The van der Waals surface area contributed by atoms with Crippen molar-refractivity contribution in [2.24, 2.45) is 11.5 Å². The van der Waals surface area contributed by atoms with E-state index in [1.54, 1.807) is 19.1 Å². The molecule has 0 saturated carbocycles. The van der Waals surface area contributed by atoms with Crippen molar-refractivity contribution in [3.63, 3.8) is 0 Å². The highest BCUT2D eigenvalue weighted by Gasteiger charge is 2.38. The summed E-state index contributed by atoms with van der Waals surface area (Å²) < 4.78 is 11.2. The third-order valence-corrected chi connectivity index (χ3v) is 5.27. The predicted molar refractivity (Wildman–Crippen MR) is 111 cm³/mol. The lowest BCUT2D eigenvalue weighted by molar-refractivity contribution is -0.127. The Kier molecular flexibility index (Phi) is 6.72. The van der Waals surface area contributed by atoms with Gasteiger partial charge >= 0.3 is 13.1 Å². The molecule has 11 nitrogen and oxygen atoms in total. The van der Waals surface area contributed by atoms with Gasteiger partial charge in [-0.05, 0) is 31.3 Å². The first-order valence-electron chi connectivity index (χ1n) is 10.0. The van der Waals surface area contributed by atoms with Crippen LogP contribution < -0.4 is 26.2 Å². The smallest absolute Gasteiger partial charge is 0.522 e. The minimum absolute atomic E-state index is 0.0366. The number of carbonyl (C=O) groups excluding carboxylic acids is 2. The average Bonchev–Trinajstić information content (AvgIpc) is 2.64. The van der Waals surface area contributed by atoms with Crippen molar-refractivity contribution < 1.29 is 33.9 Å². The Morgan fingerprint density at radius 3 is 2.74 bits per heavy atom. The number of hydrogen-bond donors (Lipinski definition) is 5. The monoisotopic (exact) mass is 434 g/mol. The number of primary amides is 1. The minimum atomic E-state index is -1.20. The molecule has 12 heteroatoms. The van der Waals surface area contributed by atoms with Crippen LogP contribution in [0.15, 0.2) is 12.1 Å². The molecule has 2 amide bonds. The molecule has 1 aromatic carbocycles. The molecule has 2 aliphatic heterocycles.